The molecule has 0 bridgehead atoms. The number of nitrogens with zero attached hydrogens (tertiary/aromatic N) is 2. The van der Waals surface area contributed by atoms with Gasteiger partial charge in [-0.2, -0.15) is 0 Å². The number of hydrogen-bond acceptors (Lipinski definition) is 4. The predicted octanol–water partition coefficient (Wildman–Crippen LogP) is 5.27. The molecule has 1 saturated heterocycles. The monoisotopic (exact) mass is 466 g/mol. The number of fused-ring (bicyclic) bond motifs is 2. The van der Waals surface area contributed by atoms with Crippen molar-refractivity contribution in [2.45, 2.75) is 38.3 Å². The lowest BCUT2D eigenvalue weighted by Gasteiger charge is -2.24. The molecule has 176 valence electrons. The first-order chi connectivity index (χ1) is 17.0. The second-order valence-corrected chi connectivity index (χ2v) is 9.41. The van der Waals surface area contributed by atoms with Gasteiger partial charge in [-0.3, -0.25) is 9.59 Å². The average molecular weight is 467 g/mol. The summed E-state index contributed by atoms with van der Waals surface area (Å²) in [5, 5.41) is 12.4. The highest BCUT2D eigenvalue weighted by Gasteiger charge is 2.47. The van der Waals surface area contributed by atoms with Gasteiger partial charge in [-0.15, -0.1) is 0 Å². The molecule has 1 aliphatic carbocycles. The molecule has 1 unspecified atom stereocenters. The van der Waals surface area contributed by atoms with E-state index in [2.05, 4.69) is 0 Å². The van der Waals surface area contributed by atoms with Crippen LogP contribution >= 0.6 is 0 Å². The number of aromatic nitrogens is 1. The van der Waals surface area contributed by atoms with Crippen molar-refractivity contribution in [2.75, 3.05) is 0 Å². The van der Waals surface area contributed by atoms with Crippen LogP contribution in [-0.4, -0.2) is 26.3 Å². The maximum absolute atomic E-state index is 13.4. The number of para-hydroxylation sites is 1. The Kier molecular flexibility index (Phi) is 5.10. The Hall–Kier alpha value is -4.06. The smallest absolute Gasteiger partial charge is 0.296 e. The number of aliphatic hydroxyl groups excluding tert-OH is 1. The highest BCUT2D eigenvalue weighted by Crippen LogP contribution is 2.43. The summed E-state index contributed by atoms with van der Waals surface area (Å²) in [6.45, 7) is 0.131. The van der Waals surface area contributed by atoms with Crippen molar-refractivity contribution < 1.29 is 19.1 Å². The second kappa shape index (κ2) is 8.31. The minimum atomic E-state index is -0.734. The van der Waals surface area contributed by atoms with Crippen LogP contribution in [-0.2, 0) is 36.0 Å². The zero-order valence-electron chi connectivity index (χ0n) is 19.5. The molecular formula is C29H26N2O4. The summed E-state index contributed by atoms with van der Waals surface area (Å²) >= 11 is 0. The van der Waals surface area contributed by atoms with Crippen LogP contribution in [0.25, 0.3) is 16.7 Å². The summed E-state index contributed by atoms with van der Waals surface area (Å²) < 4.78 is 7.49. The molecule has 1 amide bonds. The molecule has 0 spiro atoms. The van der Waals surface area contributed by atoms with Gasteiger partial charge in [0, 0.05) is 35.3 Å². The number of rotatable bonds is 4. The highest BCUT2D eigenvalue weighted by atomic mass is 16.3. The van der Waals surface area contributed by atoms with Gasteiger partial charge in [-0.25, -0.2) is 0 Å². The molecule has 0 saturated carbocycles. The highest BCUT2D eigenvalue weighted by molar-refractivity contribution is 6.46. The quantitative estimate of drug-likeness (QED) is 0.253. The zero-order valence-corrected chi connectivity index (χ0v) is 19.5. The number of amides is 1. The predicted molar refractivity (Wildman–Crippen MR) is 133 cm³/mol. The van der Waals surface area contributed by atoms with Crippen molar-refractivity contribution in [1.29, 1.82) is 0 Å². The van der Waals surface area contributed by atoms with Gasteiger partial charge in [0.2, 0.25) is 0 Å². The molecule has 1 fully saturated rings. The molecule has 2 aromatic carbocycles. The first-order valence-electron chi connectivity index (χ1n) is 12.0. The summed E-state index contributed by atoms with van der Waals surface area (Å²) in [5.74, 6) is -0.869. The molecule has 0 radical (unpaired) electrons. The lowest BCUT2D eigenvalue weighted by molar-refractivity contribution is -0.140. The maximum atomic E-state index is 13.4. The van der Waals surface area contributed by atoms with Crippen molar-refractivity contribution in [3.8, 4) is 0 Å². The van der Waals surface area contributed by atoms with Gasteiger partial charge in [0.1, 0.15) is 11.5 Å². The third kappa shape index (κ3) is 3.48. The summed E-state index contributed by atoms with van der Waals surface area (Å²) in [6, 6.07) is 16.6. The third-order valence-corrected chi connectivity index (χ3v) is 7.29. The lowest BCUT2D eigenvalue weighted by atomic mass is 9.88. The molecule has 3 heterocycles. The lowest BCUT2D eigenvalue weighted by Crippen LogP contribution is -2.29. The molecule has 6 nitrogen and oxygen atoms in total. The van der Waals surface area contributed by atoms with Gasteiger partial charge in [0.15, 0.2) is 0 Å². The minimum absolute atomic E-state index is 0.119. The third-order valence-electron chi connectivity index (χ3n) is 7.29. The fraction of sp³-hybridized carbons (Fsp3) is 0.241. The van der Waals surface area contributed by atoms with E-state index in [9.17, 15) is 14.7 Å². The number of benzene rings is 2. The van der Waals surface area contributed by atoms with E-state index in [0.717, 1.165) is 42.1 Å². The topological polar surface area (TPSA) is 75.7 Å². The minimum Gasteiger partial charge on any atom is -0.507 e. The van der Waals surface area contributed by atoms with E-state index < -0.39 is 17.7 Å². The number of carbonyl (C=O) groups excluding carboxylic acids is 2. The molecule has 1 N–H and O–H groups in total. The Morgan fingerprint density at radius 3 is 2.63 bits per heavy atom. The SMILES string of the molecule is Cn1cc(C2/C(=C(\O)c3ccc4c(c3)CCCC4)C(=O)C(=O)N2Cc2ccco2)c2ccccc21. The van der Waals surface area contributed by atoms with Crippen molar-refractivity contribution in [2.24, 2.45) is 7.05 Å². The van der Waals surface area contributed by atoms with Crippen LogP contribution in [0.4, 0.5) is 0 Å². The van der Waals surface area contributed by atoms with Crippen LogP contribution in [0.2, 0.25) is 0 Å². The van der Waals surface area contributed by atoms with Gasteiger partial charge in [0.25, 0.3) is 11.7 Å². The summed E-state index contributed by atoms with van der Waals surface area (Å²) in [5.41, 5.74) is 4.97. The number of aliphatic hydroxyl groups is 1. The summed E-state index contributed by atoms with van der Waals surface area (Å²) in [6.07, 6.45) is 7.75. The normalized spacial score (nSPS) is 19.5. The Balaban J connectivity index is 1.55. The van der Waals surface area contributed by atoms with E-state index >= 15 is 0 Å². The zero-order chi connectivity index (χ0) is 24.1. The van der Waals surface area contributed by atoms with E-state index in [4.69, 9.17) is 4.42 Å². The number of hydrogen-bond donors (Lipinski definition) is 1. The summed E-state index contributed by atoms with van der Waals surface area (Å²) in [4.78, 5) is 28.3. The number of carbonyl (C=O) groups is 2. The van der Waals surface area contributed by atoms with Crippen molar-refractivity contribution in [3.63, 3.8) is 0 Å². The van der Waals surface area contributed by atoms with Gasteiger partial charge in [-0.05, 0) is 61.1 Å². The number of Topliss-reactive ketones (excluding diaryl/α,β-unsaturated/α-hetero) is 1. The van der Waals surface area contributed by atoms with Gasteiger partial charge in [-0.1, -0.05) is 30.3 Å². The standard InChI is InChI=1S/C29H26N2O4/c1-30-17-23(22-10-4-5-11-24(22)30)26-25(28(33)29(34)31(26)16-21-9-6-14-35-21)27(32)20-13-12-18-7-2-3-8-19(18)15-20/h4-6,9-15,17,26,32H,2-3,7-8,16H2,1H3/b27-25+. The Bertz CT molecular complexity index is 1490. The average Bonchev–Trinajstić information content (AvgIpc) is 3.58. The van der Waals surface area contributed by atoms with E-state index in [1.807, 2.05) is 60.3 Å². The molecule has 4 aromatic rings. The van der Waals surface area contributed by atoms with Crippen LogP contribution in [0.5, 0.6) is 0 Å². The van der Waals surface area contributed by atoms with Crippen LogP contribution in [0, 0.1) is 0 Å². The first kappa shape index (κ1) is 21.5. The van der Waals surface area contributed by atoms with Gasteiger partial charge < -0.3 is 19.0 Å². The van der Waals surface area contributed by atoms with Crippen molar-refractivity contribution >= 4 is 28.4 Å². The Morgan fingerprint density at radius 1 is 1.03 bits per heavy atom. The molecule has 6 heteroatoms. The van der Waals surface area contributed by atoms with Crippen LogP contribution in [0.15, 0.2) is 77.0 Å². The second-order valence-electron chi connectivity index (χ2n) is 9.41. The fourth-order valence-corrected chi connectivity index (χ4v) is 5.56. The molecule has 6 rings (SSSR count). The number of likely N-dealkylation sites (tertiary alicyclic amines) is 1. The summed E-state index contributed by atoms with van der Waals surface area (Å²) in [7, 11) is 1.94. The molecule has 1 aliphatic heterocycles. The molecule has 2 aromatic heterocycles. The molecular weight excluding hydrogens is 440 g/mol. The van der Waals surface area contributed by atoms with Crippen LogP contribution in [0.3, 0.4) is 0 Å². The number of aryl methyl sites for hydroxylation is 3. The maximum Gasteiger partial charge on any atom is 0.296 e. The van der Waals surface area contributed by atoms with Crippen LogP contribution < -0.4 is 0 Å². The Labute approximate surface area is 203 Å². The number of ketones is 1. The van der Waals surface area contributed by atoms with E-state index in [-0.39, 0.29) is 17.9 Å². The van der Waals surface area contributed by atoms with E-state index in [1.54, 1.807) is 18.4 Å². The van der Waals surface area contributed by atoms with Crippen LogP contribution in [0.1, 0.15) is 46.9 Å². The molecule has 2 aliphatic rings. The molecule has 1 atom stereocenters. The fourth-order valence-electron chi connectivity index (χ4n) is 5.56. The molecule has 35 heavy (non-hydrogen) atoms. The van der Waals surface area contributed by atoms with E-state index in [0.29, 0.717) is 11.3 Å². The first-order valence-corrected chi connectivity index (χ1v) is 12.0. The van der Waals surface area contributed by atoms with Gasteiger partial charge in [0.05, 0.1) is 24.4 Å². The van der Waals surface area contributed by atoms with Crippen molar-refractivity contribution in [3.05, 3.63) is 101 Å². The Morgan fingerprint density at radius 2 is 1.83 bits per heavy atom. The van der Waals surface area contributed by atoms with Gasteiger partial charge >= 0.3 is 0 Å². The van der Waals surface area contributed by atoms with Crippen molar-refractivity contribution in [1.82, 2.24) is 9.47 Å². The largest absolute Gasteiger partial charge is 0.507 e. The van der Waals surface area contributed by atoms with E-state index in [1.165, 1.54) is 16.0 Å². The number of furan rings is 1.